The van der Waals surface area contributed by atoms with Gasteiger partial charge in [0.05, 0.1) is 4.75 Å². The predicted molar refractivity (Wildman–Crippen MR) is 88.5 cm³/mol. The van der Waals surface area contributed by atoms with Gasteiger partial charge < -0.3 is 10.5 Å². The molecule has 0 aromatic carbocycles. The van der Waals surface area contributed by atoms with Gasteiger partial charge in [0.15, 0.2) is 0 Å². The molecule has 1 aliphatic carbocycles. The summed E-state index contributed by atoms with van der Waals surface area (Å²) in [7, 11) is 0. The van der Waals surface area contributed by atoms with Gasteiger partial charge in [0.1, 0.15) is 5.60 Å². The molecule has 2 fully saturated rings. The molecule has 0 spiro atoms. The van der Waals surface area contributed by atoms with E-state index in [9.17, 15) is 18.4 Å². The molecule has 4 atom stereocenters. The lowest BCUT2D eigenvalue weighted by Crippen LogP contribution is -2.51. The van der Waals surface area contributed by atoms with Gasteiger partial charge >= 0.3 is 6.09 Å². The van der Waals surface area contributed by atoms with Crippen LogP contribution >= 0.6 is 11.9 Å². The maximum absolute atomic E-state index is 14.4. The molecule has 0 bridgehead atoms. The van der Waals surface area contributed by atoms with Crippen LogP contribution in [0.5, 0.6) is 0 Å². The lowest BCUT2D eigenvalue weighted by Gasteiger charge is -2.44. The van der Waals surface area contributed by atoms with Crippen molar-refractivity contribution in [3.63, 3.8) is 0 Å². The van der Waals surface area contributed by atoms with Crippen molar-refractivity contribution in [2.75, 3.05) is 0 Å². The first-order valence-corrected chi connectivity index (χ1v) is 8.92. The molecule has 2 rings (SSSR count). The summed E-state index contributed by atoms with van der Waals surface area (Å²) in [5.41, 5.74) is 4.65. The zero-order valence-electron chi connectivity index (χ0n) is 14.8. The summed E-state index contributed by atoms with van der Waals surface area (Å²) in [6.07, 6.45) is -0.945. The minimum absolute atomic E-state index is 0.172. The van der Waals surface area contributed by atoms with E-state index in [1.165, 1.54) is 11.2 Å². The lowest BCUT2D eigenvalue weighted by atomic mass is 9.68. The largest absolute Gasteiger partial charge is 0.443 e. The van der Waals surface area contributed by atoms with Gasteiger partial charge in [0.25, 0.3) is 5.92 Å². The van der Waals surface area contributed by atoms with Crippen molar-refractivity contribution in [3.8, 4) is 0 Å². The zero-order chi connectivity index (χ0) is 18.5. The van der Waals surface area contributed by atoms with Crippen molar-refractivity contribution in [1.29, 1.82) is 0 Å². The molecule has 2 N–H and O–H groups in total. The van der Waals surface area contributed by atoms with Gasteiger partial charge in [-0.25, -0.2) is 17.9 Å². The second-order valence-corrected chi connectivity index (χ2v) is 9.42. The first kappa shape index (κ1) is 19.3. The Balaban J connectivity index is 2.33. The predicted octanol–water partition coefficient (Wildman–Crippen LogP) is 3.57. The molecular formula is C16H26F2N2O3S. The first-order chi connectivity index (χ1) is 10.8. The molecule has 2 amide bonds. The molecule has 1 heterocycles. The number of hydrogen-bond donors (Lipinski definition) is 1. The molecule has 24 heavy (non-hydrogen) atoms. The Kier molecular flexibility index (Phi) is 4.85. The number of nitrogens with two attached hydrogens (primary N) is 1. The number of ether oxygens (including phenoxy) is 1. The maximum atomic E-state index is 14.4. The molecule has 8 heteroatoms. The molecule has 138 valence electrons. The highest BCUT2D eigenvalue weighted by atomic mass is 32.2. The molecule has 3 unspecified atom stereocenters. The Morgan fingerprint density at radius 3 is 2.42 bits per heavy atom. The number of amides is 2. The fourth-order valence-corrected chi connectivity index (χ4v) is 5.39. The van der Waals surface area contributed by atoms with E-state index in [2.05, 4.69) is 0 Å². The van der Waals surface area contributed by atoms with Crippen LogP contribution in [0.25, 0.3) is 0 Å². The van der Waals surface area contributed by atoms with E-state index in [0.717, 1.165) is 11.9 Å². The number of nitrogens with zero attached hydrogens (tertiary/aromatic N) is 1. The third-order valence-electron chi connectivity index (χ3n) is 4.82. The van der Waals surface area contributed by atoms with Gasteiger partial charge in [-0.05, 0) is 52.0 Å². The normalized spacial score (nSPS) is 35.5. The van der Waals surface area contributed by atoms with Crippen molar-refractivity contribution in [3.05, 3.63) is 0 Å². The number of rotatable bonds is 2. The number of primary amides is 1. The Morgan fingerprint density at radius 2 is 1.92 bits per heavy atom. The summed E-state index contributed by atoms with van der Waals surface area (Å²) in [5.74, 6) is -4.54. The molecule has 0 aromatic heterocycles. The standard InChI is InChI=1S/C16H26F2N2O3S/c1-9-6-11-10(2)20(13(22)23-14(3,4)5)24-15(11,7-12(19)21)8-16(9,17)18/h9-11H,6-8H2,1-5H3,(H2,19,21)/t9?,10?,11?,15-/m0/s1. The van der Waals surface area contributed by atoms with Gasteiger partial charge in [-0.1, -0.05) is 6.92 Å². The van der Waals surface area contributed by atoms with Crippen molar-refractivity contribution in [1.82, 2.24) is 4.31 Å². The second kappa shape index (κ2) is 6.04. The number of alkyl halides is 2. The summed E-state index contributed by atoms with van der Waals surface area (Å²) < 4.78 is 34.5. The molecule has 0 aromatic rings. The second-order valence-electron chi connectivity index (χ2n) is 8.03. The van der Waals surface area contributed by atoms with Crippen LogP contribution in [0.4, 0.5) is 13.6 Å². The Morgan fingerprint density at radius 1 is 1.33 bits per heavy atom. The average Bonchev–Trinajstić information content (AvgIpc) is 2.60. The van der Waals surface area contributed by atoms with Crippen LogP contribution in [0.2, 0.25) is 0 Å². The van der Waals surface area contributed by atoms with E-state index in [1.807, 2.05) is 6.92 Å². The van der Waals surface area contributed by atoms with Gasteiger partial charge in [-0.3, -0.25) is 4.79 Å². The number of hydrogen-bond acceptors (Lipinski definition) is 4. The fraction of sp³-hybridized carbons (Fsp3) is 0.875. The average molecular weight is 364 g/mol. The first-order valence-electron chi connectivity index (χ1n) is 8.15. The SMILES string of the molecule is CC1C2CC(C)C(F)(F)C[C@]2(CC(N)=O)SN1C(=O)OC(C)(C)C. The fourth-order valence-electron chi connectivity index (χ4n) is 3.68. The minimum Gasteiger partial charge on any atom is -0.443 e. The van der Waals surface area contributed by atoms with Crippen LogP contribution in [0.1, 0.15) is 53.9 Å². The highest BCUT2D eigenvalue weighted by molar-refractivity contribution is 7.99. The van der Waals surface area contributed by atoms with Gasteiger partial charge in [0.2, 0.25) is 5.91 Å². The number of fused-ring (bicyclic) bond motifs is 1. The van der Waals surface area contributed by atoms with Crippen molar-refractivity contribution in [2.24, 2.45) is 17.6 Å². The van der Waals surface area contributed by atoms with Crippen LogP contribution in [0.3, 0.4) is 0 Å². The van der Waals surface area contributed by atoms with Crippen molar-refractivity contribution < 1.29 is 23.1 Å². The van der Waals surface area contributed by atoms with Crippen LogP contribution in [0.15, 0.2) is 0 Å². The molecule has 1 saturated heterocycles. The highest BCUT2D eigenvalue weighted by Gasteiger charge is 2.63. The molecule has 1 aliphatic heterocycles. The van der Waals surface area contributed by atoms with Crippen LogP contribution in [0, 0.1) is 11.8 Å². The van der Waals surface area contributed by atoms with E-state index in [0.29, 0.717) is 0 Å². The quantitative estimate of drug-likeness (QED) is 0.760. The highest BCUT2D eigenvalue weighted by Crippen LogP contribution is 2.61. The van der Waals surface area contributed by atoms with Crippen LogP contribution < -0.4 is 5.73 Å². The van der Waals surface area contributed by atoms with E-state index < -0.39 is 40.6 Å². The summed E-state index contributed by atoms with van der Waals surface area (Å²) in [6, 6.07) is -0.303. The molecule has 1 saturated carbocycles. The molecule has 5 nitrogen and oxygen atoms in total. The van der Waals surface area contributed by atoms with E-state index in [4.69, 9.17) is 10.5 Å². The Hall–Kier alpha value is -1.05. The topological polar surface area (TPSA) is 72.6 Å². The van der Waals surface area contributed by atoms with Crippen LogP contribution in [-0.2, 0) is 9.53 Å². The maximum Gasteiger partial charge on any atom is 0.420 e. The number of carbonyl (C=O) groups is 2. The summed E-state index contributed by atoms with van der Waals surface area (Å²) in [4.78, 5) is 24.0. The summed E-state index contributed by atoms with van der Waals surface area (Å²) in [6.45, 7) is 8.58. The summed E-state index contributed by atoms with van der Waals surface area (Å²) in [5, 5.41) is 0. The van der Waals surface area contributed by atoms with Crippen molar-refractivity contribution >= 4 is 23.9 Å². The smallest absolute Gasteiger partial charge is 0.420 e. The molecular weight excluding hydrogens is 338 g/mol. The monoisotopic (exact) mass is 364 g/mol. The number of halogens is 2. The third kappa shape index (κ3) is 3.63. The third-order valence-corrected chi connectivity index (χ3v) is 6.45. The van der Waals surface area contributed by atoms with E-state index >= 15 is 0 Å². The van der Waals surface area contributed by atoms with Gasteiger partial charge in [-0.2, -0.15) is 0 Å². The summed E-state index contributed by atoms with van der Waals surface area (Å²) >= 11 is 1.01. The Labute approximate surface area is 145 Å². The van der Waals surface area contributed by atoms with Crippen molar-refractivity contribution in [2.45, 2.75) is 76.2 Å². The van der Waals surface area contributed by atoms with Gasteiger partial charge in [0, 0.05) is 24.8 Å². The molecule has 2 aliphatic rings. The van der Waals surface area contributed by atoms with E-state index in [1.54, 1.807) is 20.8 Å². The van der Waals surface area contributed by atoms with Gasteiger partial charge in [-0.15, -0.1) is 0 Å². The minimum atomic E-state index is -2.89. The molecule has 0 radical (unpaired) electrons. The Bertz CT molecular complexity index is 538. The van der Waals surface area contributed by atoms with Crippen LogP contribution in [-0.4, -0.2) is 38.6 Å². The number of carbonyl (C=O) groups excluding carboxylic acids is 2. The lowest BCUT2D eigenvalue weighted by molar-refractivity contribution is -0.125. The zero-order valence-corrected chi connectivity index (χ0v) is 15.6. The van der Waals surface area contributed by atoms with E-state index in [-0.39, 0.29) is 24.8 Å².